The third-order valence-corrected chi connectivity index (χ3v) is 6.79. The van der Waals surface area contributed by atoms with Crippen molar-refractivity contribution in [1.82, 2.24) is 0 Å². The van der Waals surface area contributed by atoms with E-state index in [1.54, 1.807) is 0 Å². The fourth-order valence-corrected chi connectivity index (χ4v) is 6.29. The average molecular weight is 269 g/mol. The third kappa shape index (κ3) is 2.46. The SMILES string of the molecule is NC(CSCCCO)C12CC3CC(CC(C3)C1)C2. The second kappa shape index (κ2) is 5.34. The van der Waals surface area contributed by atoms with Gasteiger partial charge < -0.3 is 10.8 Å². The van der Waals surface area contributed by atoms with Crippen molar-refractivity contribution in [1.29, 1.82) is 0 Å². The maximum atomic E-state index is 8.82. The predicted octanol–water partition coefficient (Wildman–Crippen LogP) is 2.65. The molecule has 4 bridgehead atoms. The molecule has 4 rings (SSSR count). The smallest absolute Gasteiger partial charge is 0.0438 e. The van der Waals surface area contributed by atoms with Crippen LogP contribution in [-0.2, 0) is 0 Å². The summed E-state index contributed by atoms with van der Waals surface area (Å²) in [7, 11) is 0. The van der Waals surface area contributed by atoms with Crippen LogP contribution in [0.5, 0.6) is 0 Å². The molecule has 4 aliphatic rings. The molecule has 0 radical (unpaired) electrons. The second-order valence-corrected chi connectivity index (χ2v) is 8.19. The van der Waals surface area contributed by atoms with Crippen LogP contribution in [0.15, 0.2) is 0 Å². The molecule has 4 fully saturated rings. The van der Waals surface area contributed by atoms with Crippen molar-refractivity contribution in [2.45, 2.75) is 51.0 Å². The van der Waals surface area contributed by atoms with Crippen molar-refractivity contribution in [3.05, 3.63) is 0 Å². The maximum absolute atomic E-state index is 8.82. The van der Waals surface area contributed by atoms with E-state index in [0.29, 0.717) is 18.1 Å². The summed E-state index contributed by atoms with van der Waals surface area (Å²) in [6, 6.07) is 0.398. The number of aliphatic hydroxyl groups is 1. The topological polar surface area (TPSA) is 46.2 Å². The number of rotatable bonds is 6. The highest BCUT2D eigenvalue weighted by atomic mass is 32.2. The predicted molar refractivity (Wildman–Crippen MR) is 77.6 cm³/mol. The standard InChI is InChI=1S/C15H27NOS/c16-14(10-18-3-1-2-17)15-7-11-4-12(8-15)6-13(5-11)9-15/h11-14,17H,1-10,16H2. The van der Waals surface area contributed by atoms with E-state index in [4.69, 9.17) is 10.8 Å². The van der Waals surface area contributed by atoms with Crippen molar-refractivity contribution in [2.24, 2.45) is 28.9 Å². The van der Waals surface area contributed by atoms with Gasteiger partial charge >= 0.3 is 0 Å². The molecular formula is C15H27NOS. The van der Waals surface area contributed by atoms with Gasteiger partial charge in [-0.05, 0) is 73.9 Å². The Balaban J connectivity index is 1.57. The fraction of sp³-hybridized carbons (Fsp3) is 1.00. The number of hydrogen-bond donors (Lipinski definition) is 2. The molecule has 18 heavy (non-hydrogen) atoms. The molecule has 4 saturated carbocycles. The molecule has 1 unspecified atom stereocenters. The van der Waals surface area contributed by atoms with E-state index in [1.807, 2.05) is 11.8 Å². The Morgan fingerprint density at radius 3 is 2.17 bits per heavy atom. The molecule has 0 heterocycles. The van der Waals surface area contributed by atoms with Gasteiger partial charge in [-0.15, -0.1) is 0 Å². The molecule has 3 heteroatoms. The summed E-state index contributed by atoms with van der Waals surface area (Å²) in [6.07, 6.45) is 9.68. The van der Waals surface area contributed by atoms with Gasteiger partial charge in [-0.2, -0.15) is 11.8 Å². The van der Waals surface area contributed by atoms with Crippen LogP contribution >= 0.6 is 11.8 Å². The summed E-state index contributed by atoms with van der Waals surface area (Å²) in [5.41, 5.74) is 7.07. The highest BCUT2D eigenvalue weighted by Crippen LogP contribution is 2.61. The van der Waals surface area contributed by atoms with Crippen LogP contribution in [0, 0.1) is 23.2 Å². The maximum Gasteiger partial charge on any atom is 0.0438 e. The first kappa shape index (κ1) is 13.3. The molecule has 2 nitrogen and oxygen atoms in total. The lowest BCUT2D eigenvalue weighted by Gasteiger charge is -2.59. The number of hydrogen-bond acceptors (Lipinski definition) is 3. The molecule has 0 spiro atoms. The van der Waals surface area contributed by atoms with Crippen LogP contribution < -0.4 is 5.73 Å². The number of thioether (sulfide) groups is 1. The average Bonchev–Trinajstić information content (AvgIpc) is 2.32. The molecule has 0 aliphatic heterocycles. The molecule has 0 amide bonds. The lowest BCUT2D eigenvalue weighted by atomic mass is 9.48. The van der Waals surface area contributed by atoms with Gasteiger partial charge in [0.05, 0.1) is 0 Å². The number of aliphatic hydroxyl groups excluding tert-OH is 1. The van der Waals surface area contributed by atoms with Gasteiger partial charge in [0.15, 0.2) is 0 Å². The van der Waals surface area contributed by atoms with E-state index >= 15 is 0 Å². The second-order valence-electron chi connectivity index (χ2n) is 7.04. The Hall–Kier alpha value is 0.270. The minimum Gasteiger partial charge on any atom is -0.396 e. The zero-order valence-electron chi connectivity index (χ0n) is 11.3. The third-order valence-electron chi connectivity index (χ3n) is 5.62. The van der Waals surface area contributed by atoms with Crippen LogP contribution in [0.4, 0.5) is 0 Å². The molecule has 0 aromatic carbocycles. The molecule has 4 aliphatic carbocycles. The van der Waals surface area contributed by atoms with Gasteiger partial charge in [-0.3, -0.25) is 0 Å². The zero-order valence-corrected chi connectivity index (χ0v) is 12.1. The Kier molecular flexibility index (Phi) is 3.93. The summed E-state index contributed by atoms with van der Waals surface area (Å²) in [5, 5.41) is 8.82. The molecule has 1 atom stereocenters. The van der Waals surface area contributed by atoms with E-state index < -0.39 is 0 Å². The summed E-state index contributed by atoms with van der Waals surface area (Å²) in [5.74, 6) is 5.18. The van der Waals surface area contributed by atoms with Crippen molar-refractivity contribution >= 4 is 11.8 Å². The lowest BCUT2D eigenvalue weighted by Crippen LogP contribution is -2.55. The summed E-state index contributed by atoms with van der Waals surface area (Å²) >= 11 is 1.95. The van der Waals surface area contributed by atoms with E-state index in [1.165, 1.54) is 38.5 Å². The van der Waals surface area contributed by atoms with Crippen molar-refractivity contribution in [3.8, 4) is 0 Å². The van der Waals surface area contributed by atoms with Gasteiger partial charge in [-0.1, -0.05) is 0 Å². The Morgan fingerprint density at radius 1 is 1.11 bits per heavy atom. The quantitative estimate of drug-likeness (QED) is 0.729. The van der Waals surface area contributed by atoms with Crippen LogP contribution in [0.25, 0.3) is 0 Å². The molecule has 104 valence electrons. The summed E-state index contributed by atoms with van der Waals surface area (Å²) in [4.78, 5) is 0. The summed E-state index contributed by atoms with van der Waals surface area (Å²) in [6.45, 7) is 0.319. The minimum absolute atomic E-state index is 0.319. The largest absolute Gasteiger partial charge is 0.396 e. The highest BCUT2D eigenvalue weighted by molar-refractivity contribution is 7.99. The lowest BCUT2D eigenvalue weighted by molar-refractivity contribution is -0.0629. The van der Waals surface area contributed by atoms with Gasteiger partial charge in [0, 0.05) is 18.4 Å². The van der Waals surface area contributed by atoms with Gasteiger partial charge in [0.1, 0.15) is 0 Å². The van der Waals surface area contributed by atoms with E-state index in [9.17, 15) is 0 Å². The molecule has 3 N–H and O–H groups in total. The van der Waals surface area contributed by atoms with E-state index in [-0.39, 0.29) is 0 Å². The first-order valence-corrected chi connectivity index (χ1v) is 8.81. The Labute approximate surface area is 115 Å². The molecule has 0 aromatic heterocycles. The normalized spacial score (nSPS) is 43.3. The van der Waals surface area contributed by atoms with Crippen molar-refractivity contribution in [2.75, 3.05) is 18.1 Å². The van der Waals surface area contributed by atoms with E-state index in [2.05, 4.69) is 0 Å². The Morgan fingerprint density at radius 2 is 1.67 bits per heavy atom. The highest BCUT2D eigenvalue weighted by Gasteiger charge is 2.53. The fourth-order valence-electron chi connectivity index (χ4n) is 5.19. The van der Waals surface area contributed by atoms with Crippen molar-refractivity contribution in [3.63, 3.8) is 0 Å². The number of nitrogens with two attached hydrogens (primary N) is 1. The minimum atomic E-state index is 0.319. The first-order valence-electron chi connectivity index (χ1n) is 7.66. The van der Waals surface area contributed by atoms with Crippen LogP contribution in [0.1, 0.15) is 44.9 Å². The first-order chi connectivity index (χ1) is 8.72. The van der Waals surface area contributed by atoms with Crippen LogP contribution in [0.3, 0.4) is 0 Å². The zero-order chi connectivity index (χ0) is 12.6. The van der Waals surface area contributed by atoms with E-state index in [0.717, 1.165) is 35.7 Å². The molecule has 0 aromatic rings. The van der Waals surface area contributed by atoms with Crippen LogP contribution in [-0.4, -0.2) is 29.3 Å². The van der Waals surface area contributed by atoms with Gasteiger partial charge in [-0.25, -0.2) is 0 Å². The molecular weight excluding hydrogens is 242 g/mol. The van der Waals surface area contributed by atoms with Crippen LogP contribution in [0.2, 0.25) is 0 Å². The Bertz CT molecular complexity index is 259. The molecule has 0 saturated heterocycles. The van der Waals surface area contributed by atoms with Crippen molar-refractivity contribution < 1.29 is 5.11 Å². The summed E-state index contributed by atoms with van der Waals surface area (Å²) < 4.78 is 0. The van der Waals surface area contributed by atoms with Gasteiger partial charge in [0.25, 0.3) is 0 Å². The monoisotopic (exact) mass is 269 g/mol. The van der Waals surface area contributed by atoms with Gasteiger partial charge in [0.2, 0.25) is 0 Å².